The highest BCUT2D eigenvalue weighted by molar-refractivity contribution is 5.91. The Balaban J connectivity index is 1.81. The van der Waals surface area contributed by atoms with E-state index in [1.807, 2.05) is 0 Å². The van der Waals surface area contributed by atoms with Gasteiger partial charge in [-0.25, -0.2) is 0 Å². The molecule has 0 atom stereocenters. The lowest BCUT2D eigenvalue weighted by atomic mass is 10.3. The van der Waals surface area contributed by atoms with Crippen LogP contribution in [0.4, 0.5) is 0 Å². The molecule has 1 saturated heterocycles. The zero-order chi connectivity index (χ0) is 15.1. The maximum atomic E-state index is 12.1. The number of furan rings is 1. The van der Waals surface area contributed by atoms with Crippen molar-refractivity contribution < 1.29 is 19.1 Å². The van der Waals surface area contributed by atoms with Crippen LogP contribution in [0.15, 0.2) is 28.9 Å². The summed E-state index contributed by atoms with van der Waals surface area (Å²) in [5.41, 5.74) is 0. The third-order valence-corrected chi connectivity index (χ3v) is 3.48. The van der Waals surface area contributed by atoms with Gasteiger partial charge < -0.3 is 19.3 Å². The molecule has 114 valence electrons. The molecule has 0 aromatic carbocycles. The molecular weight excluding hydrogens is 272 g/mol. The summed E-state index contributed by atoms with van der Waals surface area (Å²) in [4.78, 5) is 26.6. The Morgan fingerprint density at radius 2 is 2.14 bits per heavy atom. The van der Waals surface area contributed by atoms with E-state index in [0.29, 0.717) is 31.9 Å². The van der Waals surface area contributed by atoms with E-state index in [0.717, 1.165) is 13.0 Å². The number of hydrogen-bond donors (Lipinski definition) is 1. The molecule has 0 saturated carbocycles. The van der Waals surface area contributed by atoms with Crippen LogP contribution in [0.1, 0.15) is 18.6 Å². The van der Waals surface area contributed by atoms with Gasteiger partial charge in [0.2, 0.25) is 5.91 Å². The van der Waals surface area contributed by atoms with Gasteiger partial charge in [0.05, 0.1) is 12.7 Å². The average molecular weight is 292 g/mol. The molecule has 1 aromatic heterocycles. The second kappa shape index (κ2) is 7.64. The molecule has 0 spiro atoms. The second-order valence-electron chi connectivity index (χ2n) is 5.01. The Hall–Kier alpha value is -2.08. The normalized spacial score (nSPS) is 17.0. The summed E-state index contributed by atoms with van der Waals surface area (Å²) in [5, 5.41) is 8.71. The molecule has 1 amide bonds. The van der Waals surface area contributed by atoms with Gasteiger partial charge in [0.1, 0.15) is 5.76 Å². The van der Waals surface area contributed by atoms with E-state index >= 15 is 0 Å². The quantitative estimate of drug-likeness (QED) is 0.828. The Bertz CT molecular complexity index is 496. The fourth-order valence-corrected chi connectivity index (χ4v) is 2.31. The minimum atomic E-state index is -0.784. The summed E-state index contributed by atoms with van der Waals surface area (Å²) >= 11 is 0. The Labute approximate surface area is 123 Å². The van der Waals surface area contributed by atoms with Gasteiger partial charge in [-0.15, -0.1) is 0 Å². The molecule has 6 heteroatoms. The molecule has 0 bridgehead atoms. The molecule has 1 N–H and O–H groups in total. The number of amides is 1. The van der Waals surface area contributed by atoms with Gasteiger partial charge in [0, 0.05) is 32.3 Å². The molecule has 1 fully saturated rings. The van der Waals surface area contributed by atoms with E-state index in [9.17, 15) is 9.59 Å². The van der Waals surface area contributed by atoms with Crippen molar-refractivity contribution in [3.8, 4) is 0 Å². The van der Waals surface area contributed by atoms with Crippen LogP contribution in [0, 0.1) is 0 Å². The molecule has 1 aliphatic rings. The third kappa shape index (κ3) is 5.07. The van der Waals surface area contributed by atoms with Crippen molar-refractivity contribution in [1.29, 1.82) is 0 Å². The zero-order valence-corrected chi connectivity index (χ0v) is 11.9. The minimum absolute atomic E-state index is 0.0357. The highest BCUT2D eigenvalue weighted by Crippen LogP contribution is 2.07. The van der Waals surface area contributed by atoms with Gasteiger partial charge in [0.15, 0.2) is 0 Å². The molecule has 2 rings (SSSR count). The molecule has 6 nitrogen and oxygen atoms in total. The first kappa shape index (κ1) is 15.3. The average Bonchev–Trinajstić information content (AvgIpc) is 2.86. The van der Waals surface area contributed by atoms with Crippen molar-refractivity contribution in [1.82, 2.24) is 9.80 Å². The van der Waals surface area contributed by atoms with Gasteiger partial charge in [-0.05, 0) is 31.2 Å². The first-order valence-corrected chi connectivity index (χ1v) is 7.10. The molecular formula is C15H20N2O4. The van der Waals surface area contributed by atoms with Crippen LogP contribution in [0.2, 0.25) is 0 Å². The fraction of sp³-hybridized carbons (Fsp3) is 0.467. The summed E-state index contributed by atoms with van der Waals surface area (Å²) < 4.78 is 5.15. The molecule has 0 unspecified atom stereocenters. The molecule has 1 aliphatic heterocycles. The van der Waals surface area contributed by atoms with Crippen molar-refractivity contribution in [2.24, 2.45) is 0 Å². The Morgan fingerprint density at radius 3 is 2.86 bits per heavy atom. The van der Waals surface area contributed by atoms with Crippen molar-refractivity contribution in [3.05, 3.63) is 30.2 Å². The number of rotatable bonds is 5. The highest BCUT2D eigenvalue weighted by Gasteiger charge is 2.17. The van der Waals surface area contributed by atoms with Crippen LogP contribution < -0.4 is 0 Å². The first-order chi connectivity index (χ1) is 10.1. The smallest absolute Gasteiger partial charge is 0.304 e. The van der Waals surface area contributed by atoms with E-state index < -0.39 is 5.97 Å². The zero-order valence-electron chi connectivity index (χ0n) is 11.9. The summed E-state index contributed by atoms with van der Waals surface area (Å²) in [6, 6.07) is 3.57. The number of carboxylic acid groups (broad SMARTS) is 1. The topological polar surface area (TPSA) is 74.0 Å². The summed E-state index contributed by atoms with van der Waals surface area (Å²) in [7, 11) is 0. The molecule has 0 radical (unpaired) electrons. The number of hydrogen-bond acceptors (Lipinski definition) is 4. The van der Waals surface area contributed by atoms with E-state index in [-0.39, 0.29) is 12.3 Å². The maximum absolute atomic E-state index is 12.1. The maximum Gasteiger partial charge on any atom is 0.304 e. The van der Waals surface area contributed by atoms with E-state index in [1.54, 1.807) is 29.4 Å². The Morgan fingerprint density at radius 1 is 1.29 bits per heavy atom. The standard InChI is InChI=1S/C15H20N2O4/c18-14(5-4-13-3-1-12-21-13)17-8-2-7-16(10-11-17)9-6-15(19)20/h1,3-5,12H,2,6-11H2,(H,19,20)/b5-4+. The molecule has 21 heavy (non-hydrogen) atoms. The lowest BCUT2D eigenvalue weighted by molar-refractivity contribution is -0.137. The van der Waals surface area contributed by atoms with E-state index in [2.05, 4.69) is 4.90 Å². The van der Waals surface area contributed by atoms with Crippen LogP contribution in [-0.2, 0) is 9.59 Å². The van der Waals surface area contributed by atoms with Crippen LogP contribution in [0.3, 0.4) is 0 Å². The number of carbonyl (C=O) groups is 2. The lowest BCUT2D eigenvalue weighted by Gasteiger charge is -2.20. The van der Waals surface area contributed by atoms with Crippen LogP contribution in [0.5, 0.6) is 0 Å². The molecule has 1 aromatic rings. The minimum Gasteiger partial charge on any atom is -0.481 e. The van der Waals surface area contributed by atoms with Gasteiger partial charge in [-0.1, -0.05) is 0 Å². The number of carboxylic acids is 1. The predicted molar refractivity (Wildman–Crippen MR) is 77.6 cm³/mol. The third-order valence-electron chi connectivity index (χ3n) is 3.48. The van der Waals surface area contributed by atoms with Crippen molar-refractivity contribution >= 4 is 18.0 Å². The second-order valence-corrected chi connectivity index (χ2v) is 5.01. The number of aliphatic carboxylic acids is 1. The van der Waals surface area contributed by atoms with Gasteiger partial charge in [0.25, 0.3) is 0 Å². The number of carbonyl (C=O) groups excluding carboxylic acids is 1. The monoisotopic (exact) mass is 292 g/mol. The largest absolute Gasteiger partial charge is 0.481 e. The predicted octanol–water partition coefficient (Wildman–Crippen LogP) is 1.30. The van der Waals surface area contributed by atoms with Crippen LogP contribution >= 0.6 is 0 Å². The Kier molecular flexibility index (Phi) is 5.57. The van der Waals surface area contributed by atoms with Crippen LogP contribution in [0.25, 0.3) is 6.08 Å². The van der Waals surface area contributed by atoms with Gasteiger partial charge in [-0.2, -0.15) is 0 Å². The molecule has 2 heterocycles. The fourth-order valence-electron chi connectivity index (χ4n) is 2.31. The summed E-state index contributed by atoms with van der Waals surface area (Å²) in [6.07, 6.45) is 5.75. The first-order valence-electron chi connectivity index (χ1n) is 7.10. The highest BCUT2D eigenvalue weighted by atomic mass is 16.4. The summed E-state index contributed by atoms with van der Waals surface area (Å²) in [6.45, 7) is 3.41. The van der Waals surface area contributed by atoms with Crippen molar-refractivity contribution in [2.45, 2.75) is 12.8 Å². The van der Waals surface area contributed by atoms with Crippen LogP contribution in [-0.4, -0.2) is 59.5 Å². The van der Waals surface area contributed by atoms with Crippen molar-refractivity contribution in [2.75, 3.05) is 32.7 Å². The molecule has 0 aliphatic carbocycles. The lowest BCUT2D eigenvalue weighted by Crippen LogP contribution is -2.34. The van der Waals surface area contributed by atoms with Gasteiger partial charge >= 0.3 is 5.97 Å². The van der Waals surface area contributed by atoms with Gasteiger partial charge in [-0.3, -0.25) is 9.59 Å². The van der Waals surface area contributed by atoms with Crippen molar-refractivity contribution in [3.63, 3.8) is 0 Å². The summed E-state index contributed by atoms with van der Waals surface area (Å²) in [5.74, 6) is -0.165. The van der Waals surface area contributed by atoms with E-state index in [1.165, 1.54) is 6.08 Å². The number of nitrogens with zero attached hydrogens (tertiary/aromatic N) is 2. The van der Waals surface area contributed by atoms with E-state index in [4.69, 9.17) is 9.52 Å². The SMILES string of the molecule is O=C(O)CCN1CCCN(C(=O)/C=C/c2ccco2)CC1.